The van der Waals surface area contributed by atoms with Crippen LogP contribution in [0.4, 0.5) is 4.79 Å². The van der Waals surface area contributed by atoms with Crippen LogP contribution in [-0.4, -0.2) is 24.1 Å². The van der Waals surface area contributed by atoms with E-state index in [9.17, 15) is 9.59 Å². The van der Waals surface area contributed by atoms with Crippen LogP contribution in [0.25, 0.3) is 0 Å². The minimum Gasteiger partial charge on any atom is -0.445 e. The molecule has 0 aliphatic rings. The van der Waals surface area contributed by atoms with Crippen molar-refractivity contribution in [2.24, 2.45) is 11.8 Å². The third-order valence-corrected chi connectivity index (χ3v) is 3.61. The molecule has 0 heterocycles. The molecule has 0 saturated carbocycles. The maximum absolute atomic E-state index is 12.4. The van der Waals surface area contributed by atoms with Crippen molar-refractivity contribution in [2.45, 2.75) is 52.8 Å². The van der Waals surface area contributed by atoms with Gasteiger partial charge in [-0.2, -0.15) is 5.26 Å². The van der Waals surface area contributed by atoms with Crippen molar-refractivity contribution in [1.29, 1.82) is 5.26 Å². The zero-order chi connectivity index (χ0) is 18.8. The van der Waals surface area contributed by atoms with Crippen LogP contribution in [-0.2, 0) is 16.1 Å². The molecular weight excluding hydrogens is 318 g/mol. The van der Waals surface area contributed by atoms with Gasteiger partial charge in [-0.05, 0) is 23.8 Å². The minimum atomic E-state index is -0.758. The molecule has 0 spiro atoms. The number of carbonyl (C=O) groups excluding carboxylic acids is 2. The molecule has 2 atom stereocenters. The highest BCUT2D eigenvalue weighted by Crippen LogP contribution is 2.08. The SMILES string of the molecule is CC(C)CC(C#N)NC(=O)C(NC(=O)OCc1ccccc1)C(C)C. The Morgan fingerprint density at radius 3 is 2.28 bits per heavy atom. The molecule has 0 aliphatic heterocycles. The van der Waals surface area contributed by atoms with E-state index in [-0.39, 0.29) is 24.3 Å². The first-order valence-electron chi connectivity index (χ1n) is 8.50. The number of alkyl carbamates (subject to hydrolysis) is 1. The lowest BCUT2D eigenvalue weighted by Gasteiger charge is -2.23. The second kappa shape index (κ2) is 10.3. The zero-order valence-corrected chi connectivity index (χ0v) is 15.3. The smallest absolute Gasteiger partial charge is 0.408 e. The van der Waals surface area contributed by atoms with Gasteiger partial charge in [0.25, 0.3) is 0 Å². The molecule has 0 radical (unpaired) electrons. The van der Waals surface area contributed by atoms with Crippen LogP contribution in [0.1, 0.15) is 39.7 Å². The Balaban J connectivity index is 2.59. The first kappa shape index (κ1) is 20.5. The van der Waals surface area contributed by atoms with E-state index < -0.39 is 18.2 Å². The molecule has 0 fully saturated rings. The summed E-state index contributed by atoms with van der Waals surface area (Å²) < 4.78 is 5.16. The monoisotopic (exact) mass is 345 g/mol. The number of nitriles is 1. The predicted molar refractivity (Wildman–Crippen MR) is 95.4 cm³/mol. The Morgan fingerprint density at radius 2 is 1.76 bits per heavy atom. The van der Waals surface area contributed by atoms with Gasteiger partial charge in [-0.3, -0.25) is 4.79 Å². The van der Waals surface area contributed by atoms with Gasteiger partial charge in [0, 0.05) is 0 Å². The van der Waals surface area contributed by atoms with E-state index in [1.807, 2.05) is 58.0 Å². The third kappa shape index (κ3) is 7.71. The zero-order valence-electron chi connectivity index (χ0n) is 15.3. The Hall–Kier alpha value is -2.55. The molecule has 6 nitrogen and oxygen atoms in total. The minimum absolute atomic E-state index is 0.132. The van der Waals surface area contributed by atoms with Gasteiger partial charge in [-0.15, -0.1) is 0 Å². The normalized spacial score (nSPS) is 13.0. The predicted octanol–water partition coefficient (Wildman–Crippen LogP) is 2.99. The summed E-state index contributed by atoms with van der Waals surface area (Å²) in [6.45, 7) is 7.75. The molecular formula is C19H27N3O3. The van der Waals surface area contributed by atoms with E-state index >= 15 is 0 Å². The fraction of sp³-hybridized carbons (Fsp3) is 0.526. The second-order valence-electron chi connectivity index (χ2n) is 6.75. The van der Waals surface area contributed by atoms with Crippen LogP contribution in [0.15, 0.2) is 30.3 Å². The second-order valence-corrected chi connectivity index (χ2v) is 6.75. The van der Waals surface area contributed by atoms with E-state index in [0.29, 0.717) is 6.42 Å². The van der Waals surface area contributed by atoms with E-state index in [1.165, 1.54) is 0 Å². The molecule has 2 unspecified atom stereocenters. The molecule has 2 amide bonds. The maximum atomic E-state index is 12.4. The van der Waals surface area contributed by atoms with Crippen molar-refractivity contribution in [2.75, 3.05) is 0 Å². The molecule has 0 saturated heterocycles. The summed E-state index contributed by atoms with van der Waals surface area (Å²) in [5, 5.41) is 14.4. The number of nitrogens with zero attached hydrogens (tertiary/aromatic N) is 1. The van der Waals surface area contributed by atoms with Crippen molar-refractivity contribution >= 4 is 12.0 Å². The molecule has 0 aromatic heterocycles. The van der Waals surface area contributed by atoms with Crippen LogP contribution in [0, 0.1) is 23.2 Å². The Labute approximate surface area is 149 Å². The lowest BCUT2D eigenvalue weighted by molar-refractivity contribution is -0.124. The number of benzene rings is 1. The van der Waals surface area contributed by atoms with Crippen molar-refractivity contribution in [1.82, 2.24) is 10.6 Å². The van der Waals surface area contributed by atoms with Crippen molar-refractivity contribution in [3.8, 4) is 6.07 Å². The van der Waals surface area contributed by atoms with E-state index in [4.69, 9.17) is 10.00 Å². The van der Waals surface area contributed by atoms with E-state index in [2.05, 4.69) is 16.7 Å². The van der Waals surface area contributed by atoms with Crippen LogP contribution in [0.2, 0.25) is 0 Å². The maximum Gasteiger partial charge on any atom is 0.408 e. The number of rotatable bonds is 8. The lowest BCUT2D eigenvalue weighted by Crippen LogP contribution is -2.52. The molecule has 6 heteroatoms. The Kier molecular flexibility index (Phi) is 8.48. The summed E-state index contributed by atoms with van der Waals surface area (Å²) in [5.74, 6) is -0.229. The molecule has 0 aliphatic carbocycles. The summed E-state index contributed by atoms with van der Waals surface area (Å²) in [7, 11) is 0. The highest BCUT2D eigenvalue weighted by molar-refractivity contribution is 5.86. The third-order valence-electron chi connectivity index (χ3n) is 3.61. The van der Waals surface area contributed by atoms with Crippen molar-refractivity contribution in [3.63, 3.8) is 0 Å². The number of hydrogen-bond donors (Lipinski definition) is 2. The summed E-state index contributed by atoms with van der Waals surface area (Å²) in [6, 6.07) is 10.1. The van der Waals surface area contributed by atoms with E-state index in [1.54, 1.807) is 0 Å². The largest absolute Gasteiger partial charge is 0.445 e. The highest BCUT2D eigenvalue weighted by atomic mass is 16.5. The lowest BCUT2D eigenvalue weighted by atomic mass is 10.0. The standard InChI is InChI=1S/C19H27N3O3/c1-13(2)10-16(11-20)21-18(23)17(14(3)4)22-19(24)25-12-15-8-6-5-7-9-15/h5-9,13-14,16-17H,10,12H2,1-4H3,(H,21,23)(H,22,24). The number of amides is 2. The number of hydrogen-bond acceptors (Lipinski definition) is 4. The number of carbonyl (C=O) groups is 2. The van der Waals surface area contributed by atoms with Crippen LogP contribution in [0.3, 0.4) is 0 Å². The van der Waals surface area contributed by atoms with Gasteiger partial charge >= 0.3 is 6.09 Å². The Morgan fingerprint density at radius 1 is 1.12 bits per heavy atom. The molecule has 136 valence electrons. The first-order chi connectivity index (χ1) is 11.8. The summed E-state index contributed by atoms with van der Waals surface area (Å²) >= 11 is 0. The molecule has 25 heavy (non-hydrogen) atoms. The molecule has 0 bridgehead atoms. The van der Waals surface area contributed by atoms with Crippen LogP contribution in [0.5, 0.6) is 0 Å². The van der Waals surface area contributed by atoms with Crippen LogP contribution >= 0.6 is 0 Å². The van der Waals surface area contributed by atoms with Gasteiger partial charge in [0.1, 0.15) is 18.7 Å². The van der Waals surface area contributed by atoms with Gasteiger partial charge in [-0.1, -0.05) is 58.0 Å². The quantitative estimate of drug-likeness (QED) is 0.758. The Bertz CT molecular complexity index is 594. The molecule has 1 aromatic carbocycles. The van der Waals surface area contributed by atoms with Crippen molar-refractivity contribution in [3.05, 3.63) is 35.9 Å². The average molecular weight is 345 g/mol. The highest BCUT2D eigenvalue weighted by Gasteiger charge is 2.27. The van der Waals surface area contributed by atoms with Crippen LogP contribution < -0.4 is 10.6 Å². The first-order valence-corrected chi connectivity index (χ1v) is 8.50. The van der Waals surface area contributed by atoms with Gasteiger partial charge in [0.2, 0.25) is 5.91 Å². The van der Waals surface area contributed by atoms with Gasteiger partial charge in [-0.25, -0.2) is 4.79 Å². The number of nitrogens with one attached hydrogen (secondary N) is 2. The van der Waals surface area contributed by atoms with Gasteiger partial charge < -0.3 is 15.4 Å². The molecule has 1 rings (SSSR count). The van der Waals surface area contributed by atoms with E-state index in [0.717, 1.165) is 5.56 Å². The average Bonchev–Trinajstić information content (AvgIpc) is 2.57. The summed E-state index contributed by atoms with van der Waals surface area (Å²) in [5.41, 5.74) is 0.865. The van der Waals surface area contributed by atoms with Crippen molar-refractivity contribution < 1.29 is 14.3 Å². The molecule has 2 N–H and O–H groups in total. The summed E-state index contributed by atoms with van der Waals surface area (Å²) in [4.78, 5) is 24.4. The topological polar surface area (TPSA) is 91.2 Å². The van der Waals surface area contributed by atoms with Gasteiger partial charge in [0.05, 0.1) is 6.07 Å². The fourth-order valence-electron chi connectivity index (χ4n) is 2.30. The number of ether oxygens (including phenoxy) is 1. The fourth-order valence-corrected chi connectivity index (χ4v) is 2.30. The van der Waals surface area contributed by atoms with Gasteiger partial charge in [0.15, 0.2) is 0 Å². The summed E-state index contributed by atoms with van der Waals surface area (Å²) in [6.07, 6.45) is -0.0963. The molecule has 1 aromatic rings.